The average Bonchev–Trinajstić information content (AvgIpc) is 3.61. The van der Waals surface area contributed by atoms with E-state index >= 15 is 0 Å². The van der Waals surface area contributed by atoms with Gasteiger partial charge in [0.05, 0.1) is 29.0 Å². The summed E-state index contributed by atoms with van der Waals surface area (Å²) < 4.78 is 14.0. The van der Waals surface area contributed by atoms with E-state index < -0.39 is 11.2 Å². The molecule has 7 heteroatoms. The van der Waals surface area contributed by atoms with Gasteiger partial charge >= 0.3 is 0 Å². The van der Waals surface area contributed by atoms with Crippen molar-refractivity contribution in [2.45, 2.75) is 50.2 Å². The minimum absolute atomic E-state index is 0.00139. The van der Waals surface area contributed by atoms with Crippen molar-refractivity contribution in [1.29, 1.82) is 0 Å². The van der Waals surface area contributed by atoms with Gasteiger partial charge in [-0.25, -0.2) is 9.83 Å². The molecular formula is C30H25N3O4. The molecule has 7 nitrogen and oxygen atoms in total. The molecule has 2 aliphatic rings. The Morgan fingerprint density at radius 2 is 1.73 bits per heavy atom. The Hall–Kier alpha value is -4.28. The molecule has 2 atom stereocenters. The van der Waals surface area contributed by atoms with E-state index in [0.29, 0.717) is 41.2 Å². The summed E-state index contributed by atoms with van der Waals surface area (Å²) in [5, 5.41) is 24.7. The zero-order chi connectivity index (χ0) is 25.4. The summed E-state index contributed by atoms with van der Waals surface area (Å²) in [4.78, 5) is 8.23. The predicted molar refractivity (Wildman–Crippen MR) is 139 cm³/mol. The maximum absolute atomic E-state index is 11.6. The van der Waals surface area contributed by atoms with E-state index in [4.69, 9.17) is 15.7 Å². The average molecular weight is 492 g/mol. The highest BCUT2D eigenvalue weighted by Gasteiger charge is 2.61. The Labute approximate surface area is 213 Å². The van der Waals surface area contributed by atoms with Gasteiger partial charge in [-0.05, 0) is 61.6 Å². The third-order valence-electron chi connectivity index (χ3n) is 8.08. The molecule has 2 N–H and O–H groups in total. The number of para-hydroxylation sites is 2. The standard InChI is InChI=1S/C30H25N3O4/c1-29-16-17-30(37-29,15-7-12-24-32-21-10-5-6-11-23(21)36-24)26-25(29)27(34)33(28(26)35)22-14-13-20(31-2)18-8-3-4-9-19(18)22/h3-6,8-11,13-14,34-35H,7,12,15-17H2,1H3. The molecule has 37 heavy (non-hydrogen) atoms. The zero-order valence-corrected chi connectivity index (χ0v) is 20.4. The second kappa shape index (κ2) is 7.61. The van der Waals surface area contributed by atoms with E-state index in [0.717, 1.165) is 41.1 Å². The summed E-state index contributed by atoms with van der Waals surface area (Å²) in [7, 11) is 0. The number of ether oxygens (including phenoxy) is 1. The van der Waals surface area contributed by atoms with Crippen LogP contribution in [0.4, 0.5) is 5.69 Å². The lowest BCUT2D eigenvalue weighted by molar-refractivity contribution is -0.0842. The summed E-state index contributed by atoms with van der Waals surface area (Å²) in [5.74, 6) is 0.683. The van der Waals surface area contributed by atoms with E-state index in [9.17, 15) is 10.2 Å². The second-order valence-corrected chi connectivity index (χ2v) is 10.2. The number of aromatic hydroxyl groups is 2. The monoisotopic (exact) mass is 491 g/mol. The van der Waals surface area contributed by atoms with Gasteiger partial charge in [-0.15, -0.1) is 0 Å². The fraction of sp³-hybridized carbons (Fsp3) is 0.267. The maximum Gasteiger partial charge on any atom is 0.205 e. The number of fused-ring (bicyclic) bond motifs is 7. The molecule has 3 aromatic carbocycles. The molecule has 5 aromatic rings. The zero-order valence-electron chi connectivity index (χ0n) is 20.4. The highest BCUT2D eigenvalue weighted by Crippen LogP contribution is 2.66. The van der Waals surface area contributed by atoms with Crippen LogP contribution in [0.1, 0.15) is 49.6 Å². The molecule has 184 valence electrons. The SMILES string of the molecule is [C-]#[N+]c1ccc(-n2c(O)c3c(c2O)C2(CCCc4nc5ccccc5o4)CCC3(C)O2)c2ccccc12. The van der Waals surface area contributed by atoms with Gasteiger partial charge in [-0.2, -0.15) is 0 Å². The lowest BCUT2D eigenvalue weighted by Crippen LogP contribution is -2.23. The first-order valence-corrected chi connectivity index (χ1v) is 12.6. The third-order valence-corrected chi connectivity index (χ3v) is 8.08. The van der Waals surface area contributed by atoms with Crippen molar-refractivity contribution in [3.05, 3.63) is 89.1 Å². The first kappa shape index (κ1) is 22.0. The van der Waals surface area contributed by atoms with Gasteiger partial charge in [-0.3, -0.25) is 4.57 Å². The lowest BCUT2D eigenvalue weighted by Gasteiger charge is -2.26. The first-order chi connectivity index (χ1) is 17.9. The van der Waals surface area contributed by atoms with Gasteiger partial charge in [0, 0.05) is 6.42 Å². The van der Waals surface area contributed by atoms with E-state index in [-0.39, 0.29) is 11.8 Å². The quantitative estimate of drug-likeness (QED) is 0.259. The summed E-state index contributed by atoms with van der Waals surface area (Å²) in [6.07, 6.45) is 3.61. The van der Waals surface area contributed by atoms with Crippen molar-refractivity contribution in [1.82, 2.24) is 9.55 Å². The van der Waals surface area contributed by atoms with Gasteiger partial charge in [0.1, 0.15) is 11.1 Å². The molecular weight excluding hydrogens is 466 g/mol. The molecule has 1 fully saturated rings. The van der Waals surface area contributed by atoms with E-state index in [1.807, 2.05) is 55.5 Å². The molecule has 0 amide bonds. The van der Waals surface area contributed by atoms with Gasteiger partial charge in [0.15, 0.2) is 17.2 Å². The third kappa shape index (κ3) is 3.00. The van der Waals surface area contributed by atoms with E-state index in [2.05, 4.69) is 9.83 Å². The predicted octanol–water partition coefficient (Wildman–Crippen LogP) is 6.99. The van der Waals surface area contributed by atoms with Crippen LogP contribution in [0, 0.1) is 6.57 Å². The van der Waals surface area contributed by atoms with Crippen molar-refractivity contribution in [2.75, 3.05) is 0 Å². The van der Waals surface area contributed by atoms with Gasteiger partial charge < -0.3 is 19.4 Å². The van der Waals surface area contributed by atoms with E-state index in [1.54, 1.807) is 12.1 Å². The molecule has 4 heterocycles. The molecule has 7 rings (SSSR count). The van der Waals surface area contributed by atoms with Crippen molar-refractivity contribution < 1.29 is 19.4 Å². The smallest absolute Gasteiger partial charge is 0.205 e. The first-order valence-electron chi connectivity index (χ1n) is 12.6. The molecule has 2 bridgehead atoms. The van der Waals surface area contributed by atoms with Crippen LogP contribution in [0.3, 0.4) is 0 Å². The highest BCUT2D eigenvalue weighted by atomic mass is 16.5. The minimum atomic E-state index is -0.685. The van der Waals surface area contributed by atoms with Crippen LogP contribution >= 0.6 is 0 Å². The Morgan fingerprint density at radius 3 is 2.54 bits per heavy atom. The normalized spacial score (nSPS) is 22.1. The van der Waals surface area contributed by atoms with Gasteiger partial charge in [0.25, 0.3) is 0 Å². The molecule has 2 aromatic heterocycles. The summed E-state index contributed by atoms with van der Waals surface area (Å²) >= 11 is 0. The molecule has 0 aliphatic carbocycles. The molecule has 0 radical (unpaired) electrons. The number of hydrogen-bond donors (Lipinski definition) is 2. The number of nitrogens with zero attached hydrogens (tertiary/aromatic N) is 3. The van der Waals surface area contributed by atoms with Crippen LogP contribution in [0.25, 0.3) is 32.4 Å². The van der Waals surface area contributed by atoms with Gasteiger partial charge in [-0.1, -0.05) is 42.5 Å². The number of hydrogen-bond acceptors (Lipinski definition) is 5. The molecule has 0 saturated carbocycles. The maximum atomic E-state index is 11.6. The fourth-order valence-corrected chi connectivity index (χ4v) is 6.45. The van der Waals surface area contributed by atoms with Gasteiger partial charge in [0.2, 0.25) is 11.8 Å². The summed E-state index contributed by atoms with van der Waals surface area (Å²) in [5.41, 5.74) is 2.77. The number of oxazole rings is 1. The Kier molecular flexibility index (Phi) is 4.52. The summed E-state index contributed by atoms with van der Waals surface area (Å²) in [6.45, 7) is 9.52. The van der Waals surface area contributed by atoms with Crippen molar-refractivity contribution in [3.63, 3.8) is 0 Å². The highest BCUT2D eigenvalue weighted by molar-refractivity contribution is 6.00. The van der Waals surface area contributed by atoms with Crippen molar-refractivity contribution >= 4 is 27.6 Å². The fourth-order valence-electron chi connectivity index (χ4n) is 6.45. The number of aryl methyl sites for hydroxylation is 1. The Bertz CT molecular complexity index is 1730. The van der Waals surface area contributed by atoms with Crippen molar-refractivity contribution in [2.24, 2.45) is 0 Å². The van der Waals surface area contributed by atoms with E-state index in [1.165, 1.54) is 4.57 Å². The number of benzene rings is 3. The molecule has 2 aliphatic heterocycles. The molecule has 1 saturated heterocycles. The Morgan fingerprint density at radius 1 is 0.973 bits per heavy atom. The van der Waals surface area contributed by atoms with Crippen LogP contribution in [0.5, 0.6) is 11.8 Å². The largest absolute Gasteiger partial charge is 0.494 e. The minimum Gasteiger partial charge on any atom is -0.494 e. The van der Waals surface area contributed by atoms with Crippen molar-refractivity contribution in [3.8, 4) is 17.4 Å². The molecule has 0 spiro atoms. The van der Waals surface area contributed by atoms with Crippen LogP contribution in [0.2, 0.25) is 0 Å². The molecule has 2 unspecified atom stereocenters. The topological polar surface area (TPSA) is 85.0 Å². The van der Waals surface area contributed by atoms with Crippen LogP contribution in [0.15, 0.2) is 65.1 Å². The Balaban J connectivity index is 1.28. The number of aromatic nitrogens is 2. The van der Waals surface area contributed by atoms with Crippen LogP contribution in [-0.4, -0.2) is 19.8 Å². The lowest BCUT2D eigenvalue weighted by atomic mass is 9.77. The summed E-state index contributed by atoms with van der Waals surface area (Å²) in [6, 6.07) is 18.8. The number of rotatable bonds is 5. The second-order valence-electron chi connectivity index (χ2n) is 10.2. The van der Waals surface area contributed by atoms with Crippen LogP contribution < -0.4 is 0 Å². The van der Waals surface area contributed by atoms with Crippen LogP contribution in [-0.2, 0) is 22.4 Å².